The lowest BCUT2D eigenvalue weighted by molar-refractivity contribution is 0.0696. The predicted octanol–water partition coefficient (Wildman–Crippen LogP) is 3.85. The van der Waals surface area contributed by atoms with Crippen LogP contribution in [0.2, 0.25) is 0 Å². The first-order chi connectivity index (χ1) is 9.97. The van der Waals surface area contributed by atoms with Gasteiger partial charge in [0.05, 0.1) is 5.56 Å². The van der Waals surface area contributed by atoms with Crippen LogP contribution in [0.25, 0.3) is 0 Å². The molecule has 0 bridgehead atoms. The van der Waals surface area contributed by atoms with E-state index in [0.717, 1.165) is 5.56 Å². The fourth-order valence-electron chi connectivity index (χ4n) is 2.51. The lowest BCUT2D eigenvalue weighted by atomic mass is 10.00. The molecule has 1 atom stereocenters. The van der Waals surface area contributed by atoms with Gasteiger partial charge < -0.3 is 10.4 Å². The summed E-state index contributed by atoms with van der Waals surface area (Å²) in [7, 11) is 0. The predicted molar refractivity (Wildman–Crippen MR) is 84.6 cm³/mol. The number of aromatic carboxylic acids is 1. The van der Waals surface area contributed by atoms with Crippen molar-refractivity contribution in [1.29, 1.82) is 0 Å². The molecule has 0 saturated heterocycles. The Morgan fingerprint density at radius 3 is 2.62 bits per heavy atom. The van der Waals surface area contributed by atoms with Gasteiger partial charge in [0.25, 0.3) is 0 Å². The summed E-state index contributed by atoms with van der Waals surface area (Å²) in [6, 6.07) is 13.7. The van der Waals surface area contributed by atoms with E-state index in [-0.39, 0.29) is 6.04 Å². The Balaban J connectivity index is 2.05. The summed E-state index contributed by atoms with van der Waals surface area (Å²) in [6.45, 7) is 6.98. The van der Waals surface area contributed by atoms with E-state index in [4.69, 9.17) is 5.11 Å². The monoisotopic (exact) mass is 283 g/mol. The molecule has 0 spiro atoms. The Hall–Kier alpha value is -2.13. The second-order valence-corrected chi connectivity index (χ2v) is 5.47. The van der Waals surface area contributed by atoms with Gasteiger partial charge in [-0.3, -0.25) is 0 Å². The zero-order chi connectivity index (χ0) is 15.4. The second-order valence-electron chi connectivity index (χ2n) is 5.47. The molecule has 0 aliphatic rings. The van der Waals surface area contributed by atoms with Crippen LogP contribution in [0.5, 0.6) is 0 Å². The van der Waals surface area contributed by atoms with Gasteiger partial charge in [0.2, 0.25) is 0 Å². The molecule has 2 aromatic carbocycles. The van der Waals surface area contributed by atoms with Crippen molar-refractivity contribution >= 4 is 5.97 Å². The number of rotatable bonds is 5. The molecule has 0 aromatic heterocycles. The minimum atomic E-state index is -0.890. The van der Waals surface area contributed by atoms with Gasteiger partial charge in [-0.1, -0.05) is 35.9 Å². The molecule has 21 heavy (non-hydrogen) atoms. The van der Waals surface area contributed by atoms with Crippen LogP contribution < -0.4 is 5.32 Å². The number of carboxylic acid groups (broad SMARTS) is 1. The molecule has 1 unspecified atom stereocenters. The van der Waals surface area contributed by atoms with Crippen molar-refractivity contribution in [2.24, 2.45) is 0 Å². The van der Waals surface area contributed by atoms with Crippen LogP contribution >= 0.6 is 0 Å². The minimum Gasteiger partial charge on any atom is -0.478 e. The van der Waals surface area contributed by atoms with Crippen molar-refractivity contribution in [2.75, 3.05) is 0 Å². The normalized spacial score (nSPS) is 12.1. The van der Waals surface area contributed by atoms with Crippen LogP contribution in [-0.2, 0) is 6.54 Å². The smallest absolute Gasteiger partial charge is 0.335 e. The summed E-state index contributed by atoms with van der Waals surface area (Å²) in [6.07, 6.45) is 0. The molecule has 0 aliphatic heterocycles. The van der Waals surface area contributed by atoms with E-state index in [1.54, 1.807) is 18.2 Å². The van der Waals surface area contributed by atoms with Gasteiger partial charge in [-0.25, -0.2) is 4.79 Å². The van der Waals surface area contributed by atoms with Gasteiger partial charge in [0.1, 0.15) is 0 Å². The number of hydrogen-bond acceptors (Lipinski definition) is 2. The molecule has 0 heterocycles. The SMILES string of the molecule is Cc1ccc(C(C)NCc2cccc(C(=O)O)c2)c(C)c1. The van der Waals surface area contributed by atoms with Gasteiger partial charge in [0.15, 0.2) is 0 Å². The molecule has 0 fully saturated rings. The fourth-order valence-corrected chi connectivity index (χ4v) is 2.51. The standard InChI is InChI=1S/C18H21NO2/c1-12-7-8-17(13(2)9-12)14(3)19-11-15-5-4-6-16(10-15)18(20)21/h4-10,14,19H,11H2,1-3H3,(H,20,21). The Kier molecular flexibility index (Phi) is 4.76. The summed E-state index contributed by atoms with van der Waals surface area (Å²) in [5, 5.41) is 12.5. The van der Waals surface area contributed by atoms with Crippen LogP contribution in [0.4, 0.5) is 0 Å². The third-order valence-electron chi connectivity index (χ3n) is 3.68. The van der Waals surface area contributed by atoms with E-state index in [2.05, 4.69) is 44.3 Å². The summed E-state index contributed by atoms with van der Waals surface area (Å²) in [4.78, 5) is 11.0. The summed E-state index contributed by atoms with van der Waals surface area (Å²) < 4.78 is 0. The Morgan fingerprint density at radius 2 is 1.95 bits per heavy atom. The largest absolute Gasteiger partial charge is 0.478 e. The topological polar surface area (TPSA) is 49.3 Å². The molecule has 0 radical (unpaired) electrons. The van der Waals surface area contributed by atoms with Crippen molar-refractivity contribution in [3.8, 4) is 0 Å². The number of nitrogens with one attached hydrogen (secondary N) is 1. The lowest BCUT2D eigenvalue weighted by Crippen LogP contribution is -2.19. The van der Waals surface area contributed by atoms with E-state index in [1.165, 1.54) is 16.7 Å². The Bertz CT molecular complexity index is 649. The third-order valence-corrected chi connectivity index (χ3v) is 3.68. The van der Waals surface area contributed by atoms with Crippen LogP contribution in [0.1, 0.15) is 45.6 Å². The van der Waals surface area contributed by atoms with Gasteiger partial charge in [-0.2, -0.15) is 0 Å². The first-order valence-electron chi connectivity index (χ1n) is 7.10. The number of carboxylic acids is 1. The molecule has 0 saturated carbocycles. The third kappa shape index (κ3) is 3.92. The average molecular weight is 283 g/mol. The molecular weight excluding hydrogens is 262 g/mol. The van der Waals surface area contributed by atoms with E-state index < -0.39 is 5.97 Å². The highest BCUT2D eigenvalue weighted by molar-refractivity contribution is 5.87. The van der Waals surface area contributed by atoms with Crippen LogP contribution in [0, 0.1) is 13.8 Å². The van der Waals surface area contributed by atoms with Gasteiger partial charge >= 0.3 is 5.97 Å². The first kappa shape index (κ1) is 15.3. The van der Waals surface area contributed by atoms with Crippen molar-refractivity contribution in [3.63, 3.8) is 0 Å². The summed E-state index contributed by atoms with van der Waals surface area (Å²) in [5.74, 6) is -0.890. The maximum Gasteiger partial charge on any atom is 0.335 e. The number of carbonyl (C=O) groups is 1. The molecule has 2 N–H and O–H groups in total. The fraction of sp³-hybridized carbons (Fsp3) is 0.278. The molecule has 2 rings (SSSR count). The lowest BCUT2D eigenvalue weighted by Gasteiger charge is -2.17. The van der Waals surface area contributed by atoms with Crippen LogP contribution in [-0.4, -0.2) is 11.1 Å². The Morgan fingerprint density at radius 1 is 1.19 bits per heavy atom. The molecular formula is C18H21NO2. The van der Waals surface area contributed by atoms with Crippen LogP contribution in [0.3, 0.4) is 0 Å². The van der Waals surface area contributed by atoms with Crippen molar-refractivity contribution in [1.82, 2.24) is 5.32 Å². The quantitative estimate of drug-likeness (QED) is 0.876. The molecule has 2 aromatic rings. The average Bonchev–Trinajstić information content (AvgIpc) is 2.45. The van der Waals surface area contributed by atoms with E-state index >= 15 is 0 Å². The van der Waals surface area contributed by atoms with Gasteiger partial charge in [-0.15, -0.1) is 0 Å². The first-order valence-corrected chi connectivity index (χ1v) is 7.10. The van der Waals surface area contributed by atoms with E-state index in [0.29, 0.717) is 12.1 Å². The van der Waals surface area contributed by atoms with Gasteiger partial charge in [0, 0.05) is 12.6 Å². The van der Waals surface area contributed by atoms with Crippen LogP contribution in [0.15, 0.2) is 42.5 Å². The number of hydrogen-bond donors (Lipinski definition) is 2. The molecule has 0 amide bonds. The highest BCUT2D eigenvalue weighted by atomic mass is 16.4. The zero-order valence-corrected chi connectivity index (χ0v) is 12.7. The molecule has 3 nitrogen and oxygen atoms in total. The van der Waals surface area contributed by atoms with Crippen molar-refractivity contribution in [3.05, 3.63) is 70.3 Å². The minimum absolute atomic E-state index is 0.221. The molecule has 3 heteroatoms. The highest BCUT2D eigenvalue weighted by Crippen LogP contribution is 2.19. The molecule has 0 aliphatic carbocycles. The van der Waals surface area contributed by atoms with E-state index in [1.807, 2.05) is 6.07 Å². The second kappa shape index (κ2) is 6.55. The number of aryl methyl sites for hydroxylation is 2. The summed E-state index contributed by atoms with van der Waals surface area (Å²) >= 11 is 0. The maximum atomic E-state index is 11.0. The Labute approximate surface area is 125 Å². The van der Waals surface area contributed by atoms with Crippen molar-refractivity contribution < 1.29 is 9.90 Å². The zero-order valence-electron chi connectivity index (χ0n) is 12.7. The highest BCUT2D eigenvalue weighted by Gasteiger charge is 2.09. The van der Waals surface area contributed by atoms with E-state index in [9.17, 15) is 4.79 Å². The van der Waals surface area contributed by atoms with Crippen molar-refractivity contribution in [2.45, 2.75) is 33.4 Å². The number of benzene rings is 2. The van der Waals surface area contributed by atoms with Gasteiger partial charge in [-0.05, 0) is 49.6 Å². The maximum absolute atomic E-state index is 11.0. The summed E-state index contributed by atoms with van der Waals surface area (Å²) in [5.41, 5.74) is 5.11. The molecule has 110 valence electrons.